The van der Waals surface area contributed by atoms with Crippen molar-refractivity contribution in [3.8, 4) is 0 Å². The van der Waals surface area contributed by atoms with Gasteiger partial charge >= 0.3 is 6.18 Å². The molecule has 0 bridgehead atoms. The van der Waals surface area contributed by atoms with Crippen LogP contribution in [0.25, 0.3) is 0 Å². The standard InChI is InChI=1S/C11H18F3N3O/c12-11(13,14)8-16-4-6-17(7-5-16)10(18)9-2-1-3-15-9/h9,15H,1-8H2. The van der Waals surface area contributed by atoms with E-state index in [9.17, 15) is 18.0 Å². The first-order valence-electron chi connectivity index (χ1n) is 6.27. The summed E-state index contributed by atoms with van der Waals surface area (Å²) in [6.07, 6.45) is -2.33. The third kappa shape index (κ3) is 3.58. The minimum Gasteiger partial charge on any atom is -0.339 e. The van der Waals surface area contributed by atoms with Gasteiger partial charge in [-0.25, -0.2) is 0 Å². The predicted molar refractivity (Wildman–Crippen MR) is 60.1 cm³/mol. The van der Waals surface area contributed by atoms with Crippen LogP contribution in [0.1, 0.15) is 12.8 Å². The highest BCUT2D eigenvalue weighted by molar-refractivity contribution is 5.82. The smallest absolute Gasteiger partial charge is 0.339 e. The summed E-state index contributed by atoms with van der Waals surface area (Å²) in [4.78, 5) is 15.0. The van der Waals surface area contributed by atoms with E-state index in [1.807, 2.05) is 0 Å². The first kappa shape index (κ1) is 13.6. The third-order valence-corrected chi connectivity index (χ3v) is 3.45. The van der Waals surface area contributed by atoms with Crippen molar-refractivity contribution >= 4 is 5.91 Å². The fourth-order valence-corrected chi connectivity index (χ4v) is 2.50. The van der Waals surface area contributed by atoms with E-state index in [1.54, 1.807) is 4.90 Å². The molecule has 1 unspecified atom stereocenters. The minimum atomic E-state index is -4.15. The summed E-state index contributed by atoms with van der Waals surface area (Å²) in [7, 11) is 0. The average molecular weight is 265 g/mol. The molecule has 0 radical (unpaired) electrons. The maximum absolute atomic E-state index is 12.2. The van der Waals surface area contributed by atoms with E-state index in [0.29, 0.717) is 26.2 Å². The molecule has 7 heteroatoms. The van der Waals surface area contributed by atoms with Gasteiger partial charge < -0.3 is 10.2 Å². The van der Waals surface area contributed by atoms with Gasteiger partial charge in [0.2, 0.25) is 5.91 Å². The minimum absolute atomic E-state index is 0.0409. The topological polar surface area (TPSA) is 35.6 Å². The lowest BCUT2D eigenvalue weighted by molar-refractivity contribution is -0.152. The SMILES string of the molecule is O=C(C1CCCN1)N1CCN(CC(F)(F)F)CC1. The second kappa shape index (κ2) is 5.44. The Balaban J connectivity index is 1.77. The van der Waals surface area contributed by atoms with E-state index in [1.165, 1.54) is 4.90 Å². The summed E-state index contributed by atoms with van der Waals surface area (Å²) >= 11 is 0. The number of amides is 1. The Bertz CT molecular complexity index is 294. The Labute approximate surface area is 104 Å². The van der Waals surface area contributed by atoms with Gasteiger partial charge in [0, 0.05) is 26.2 Å². The van der Waals surface area contributed by atoms with Gasteiger partial charge in [0.1, 0.15) is 0 Å². The Kier molecular flexibility index (Phi) is 4.11. The molecule has 0 aromatic rings. The number of rotatable bonds is 2. The Morgan fingerprint density at radius 1 is 1.22 bits per heavy atom. The van der Waals surface area contributed by atoms with Crippen molar-refractivity contribution in [1.82, 2.24) is 15.1 Å². The molecule has 2 fully saturated rings. The molecule has 0 spiro atoms. The van der Waals surface area contributed by atoms with Crippen LogP contribution in [0, 0.1) is 0 Å². The number of piperazine rings is 1. The van der Waals surface area contributed by atoms with E-state index < -0.39 is 12.7 Å². The lowest BCUT2D eigenvalue weighted by Crippen LogP contribution is -2.54. The summed E-state index contributed by atoms with van der Waals surface area (Å²) in [5, 5.41) is 3.12. The molecule has 0 aromatic heterocycles. The van der Waals surface area contributed by atoms with Crippen molar-refractivity contribution < 1.29 is 18.0 Å². The number of carbonyl (C=O) groups is 1. The molecule has 2 saturated heterocycles. The number of carbonyl (C=O) groups excluding carboxylic acids is 1. The highest BCUT2D eigenvalue weighted by Gasteiger charge is 2.34. The Morgan fingerprint density at radius 3 is 2.39 bits per heavy atom. The van der Waals surface area contributed by atoms with E-state index >= 15 is 0 Å². The molecule has 18 heavy (non-hydrogen) atoms. The monoisotopic (exact) mass is 265 g/mol. The average Bonchev–Trinajstić information content (AvgIpc) is 2.80. The lowest BCUT2D eigenvalue weighted by atomic mass is 10.2. The molecular weight excluding hydrogens is 247 g/mol. The van der Waals surface area contributed by atoms with Gasteiger partial charge in [-0.05, 0) is 19.4 Å². The number of nitrogens with one attached hydrogen (secondary N) is 1. The highest BCUT2D eigenvalue weighted by atomic mass is 19.4. The van der Waals surface area contributed by atoms with E-state index in [2.05, 4.69) is 5.32 Å². The van der Waals surface area contributed by atoms with Crippen molar-refractivity contribution in [1.29, 1.82) is 0 Å². The molecule has 2 rings (SSSR count). The van der Waals surface area contributed by atoms with Crippen molar-refractivity contribution in [2.24, 2.45) is 0 Å². The summed E-state index contributed by atoms with van der Waals surface area (Å²) in [5.74, 6) is 0.0409. The molecule has 1 atom stereocenters. The highest BCUT2D eigenvalue weighted by Crippen LogP contribution is 2.18. The number of alkyl halides is 3. The molecule has 2 aliphatic rings. The first-order valence-corrected chi connectivity index (χ1v) is 6.27. The molecule has 2 heterocycles. The summed E-state index contributed by atoms with van der Waals surface area (Å²) in [5.41, 5.74) is 0. The van der Waals surface area contributed by atoms with Crippen LogP contribution < -0.4 is 5.32 Å². The summed E-state index contributed by atoms with van der Waals surface area (Å²) in [6.45, 7) is 1.37. The van der Waals surface area contributed by atoms with Crippen LogP contribution in [-0.2, 0) is 4.79 Å². The summed E-state index contributed by atoms with van der Waals surface area (Å²) in [6, 6.07) is -0.126. The maximum atomic E-state index is 12.2. The second-order valence-electron chi connectivity index (χ2n) is 4.87. The van der Waals surface area contributed by atoms with Crippen LogP contribution in [0.4, 0.5) is 13.2 Å². The second-order valence-corrected chi connectivity index (χ2v) is 4.87. The number of nitrogens with zero attached hydrogens (tertiary/aromatic N) is 2. The van der Waals surface area contributed by atoms with Crippen molar-refractivity contribution in [2.45, 2.75) is 25.1 Å². The fraction of sp³-hybridized carbons (Fsp3) is 0.909. The molecule has 104 valence electrons. The first-order chi connectivity index (χ1) is 8.46. The number of halogens is 3. The molecule has 0 aromatic carbocycles. The van der Waals surface area contributed by atoms with Gasteiger partial charge in [0.25, 0.3) is 0 Å². The molecule has 1 N–H and O–H groups in total. The predicted octanol–water partition coefficient (Wildman–Crippen LogP) is 0.445. The van der Waals surface area contributed by atoms with Crippen molar-refractivity contribution in [2.75, 3.05) is 39.3 Å². The van der Waals surface area contributed by atoms with Gasteiger partial charge in [-0.2, -0.15) is 13.2 Å². The van der Waals surface area contributed by atoms with Crippen LogP contribution in [-0.4, -0.2) is 67.2 Å². The van der Waals surface area contributed by atoms with Gasteiger partial charge in [0.15, 0.2) is 0 Å². The third-order valence-electron chi connectivity index (χ3n) is 3.45. The molecule has 0 aliphatic carbocycles. The van der Waals surface area contributed by atoms with Gasteiger partial charge in [-0.3, -0.25) is 9.69 Å². The summed E-state index contributed by atoms with van der Waals surface area (Å²) < 4.78 is 36.6. The van der Waals surface area contributed by atoms with E-state index in [-0.39, 0.29) is 11.9 Å². The quantitative estimate of drug-likeness (QED) is 0.787. The molecule has 1 amide bonds. The van der Waals surface area contributed by atoms with Crippen LogP contribution in [0.5, 0.6) is 0 Å². The number of hydrogen-bond acceptors (Lipinski definition) is 3. The van der Waals surface area contributed by atoms with Gasteiger partial charge in [-0.15, -0.1) is 0 Å². The van der Waals surface area contributed by atoms with Crippen LogP contribution in [0.2, 0.25) is 0 Å². The van der Waals surface area contributed by atoms with Crippen LogP contribution >= 0.6 is 0 Å². The molecular formula is C11H18F3N3O. The zero-order valence-corrected chi connectivity index (χ0v) is 10.2. The lowest BCUT2D eigenvalue weighted by Gasteiger charge is -2.36. The van der Waals surface area contributed by atoms with E-state index in [0.717, 1.165) is 19.4 Å². The molecule has 2 aliphatic heterocycles. The zero-order valence-electron chi connectivity index (χ0n) is 10.2. The molecule has 4 nitrogen and oxygen atoms in total. The van der Waals surface area contributed by atoms with Crippen molar-refractivity contribution in [3.63, 3.8) is 0 Å². The fourth-order valence-electron chi connectivity index (χ4n) is 2.50. The van der Waals surface area contributed by atoms with Gasteiger partial charge in [0.05, 0.1) is 12.6 Å². The maximum Gasteiger partial charge on any atom is 0.401 e. The van der Waals surface area contributed by atoms with Crippen molar-refractivity contribution in [3.05, 3.63) is 0 Å². The largest absolute Gasteiger partial charge is 0.401 e. The Hall–Kier alpha value is -0.820. The zero-order chi connectivity index (χ0) is 13.2. The van der Waals surface area contributed by atoms with Crippen LogP contribution in [0.15, 0.2) is 0 Å². The molecule has 0 saturated carbocycles. The van der Waals surface area contributed by atoms with Gasteiger partial charge in [-0.1, -0.05) is 0 Å². The normalized spacial score (nSPS) is 26.6. The van der Waals surface area contributed by atoms with Crippen LogP contribution in [0.3, 0.4) is 0 Å². The Morgan fingerprint density at radius 2 is 1.89 bits per heavy atom. The number of hydrogen-bond donors (Lipinski definition) is 1. The van der Waals surface area contributed by atoms with E-state index in [4.69, 9.17) is 0 Å².